The summed E-state index contributed by atoms with van der Waals surface area (Å²) in [4.78, 5) is 4.50. The number of nitrogens with zero attached hydrogens (tertiary/aromatic N) is 2. The Hall–Kier alpha value is -1.37. The highest BCUT2D eigenvalue weighted by Crippen LogP contribution is 2.18. The van der Waals surface area contributed by atoms with Crippen molar-refractivity contribution in [2.45, 2.75) is 46.3 Å². The summed E-state index contributed by atoms with van der Waals surface area (Å²) in [6.07, 6.45) is 2.68. The summed E-state index contributed by atoms with van der Waals surface area (Å²) in [5.74, 6) is 0. The predicted molar refractivity (Wildman–Crippen MR) is 89.1 cm³/mol. The standard InChI is InChI=1S/C16H25BN2O3/c1-6-16(3,4)22-17(21-7-2)13-8-12-9-14(11-20)19(5)15(12)18-10-13/h8-10,20H,6-7,11H2,1-5H3. The molecule has 2 aromatic heterocycles. The van der Waals surface area contributed by atoms with Crippen LogP contribution in [0.1, 0.15) is 39.8 Å². The highest BCUT2D eigenvalue weighted by Gasteiger charge is 2.29. The van der Waals surface area contributed by atoms with E-state index < -0.39 is 7.12 Å². The van der Waals surface area contributed by atoms with Gasteiger partial charge in [0.2, 0.25) is 0 Å². The van der Waals surface area contributed by atoms with Crippen molar-refractivity contribution in [3.8, 4) is 0 Å². The van der Waals surface area contributed by atoms with E-state index in [-0.39, 0.29) is 12.2 Å². The molecule has 0 radical (unpaired) electrons. The number of aromatic nitrogens is 2. The maximum Gasteiger partial charge on any atom is 0.495 e. The molecule has 0 aromatic carbocycles. The summed E-state index contributed by atoms with van der Waals surface area (Å²) < 4.78 is 13.8. The average molecular weight is 304 g/mol. The van der Waals surface area contributed by atoms with Crippen LogP contribution in [0.15, 0.2) is 18.3 Å². The van der Waals surface area contributed by atoms with Crippen LogP contribution in [0.2, 0.25) is 0 Å². The van der Waals surface area contributed by atoms with Gasteiger partial charge in [-0.1, -0.05) is 6.92 Å². The SMILES string of the molecule is CCOB(OC(C)(C)CC)c1cnc2c(c1)cc(CO)n2C. The molecule has 0 bridgehead atoms. The summed E-state index contributed by atoms with van der Waals surface area (Å²) in [6.45, 7) is 8.72. The van der Waals surface area contributed by atoms with Crippen LogP contribution < -0.4 is 5.46 Å². The number of aryl methyl sites for hydroxylation is 1. The molecular formula is C16H25BN2O3. The third-order valence-corrected chi connectivity index (χ3v) is 4.02. The maximum absolute atomic E-state index is 9.37. The molecule has 2 heterocycles. The van der Waals surface area contributed by atoms with Crippen LogP contribution in [-0.2, 0) is 23.0 Å². The van der Waals surface area contributed by atoms with Crippen LogP contribution >= 0.6 is 0 Å². The smallest absolute Gasteiger partial charge is 0.408 e. The van der Waals surface area contributed by atoms with Gasteiger partial charge < -0.3 is 19.0 Å². The first kappa shape index (κ1) is 17.0. The predicted octanol–water partition coefficient (Wildman–Crippen LogP) is 2.00. The molecule has 22 heavy (non-hydrogen) atoms. The fourth-order valence-corrected chi connectivity index (χ4v) is 2.29. The molecule has 0 aliphatic rings. The van der Waals surface area contributed by atoms with Gasteiger partial charge in [-0.3, -0.25) is 0 Å². The van der Waals surface area contributed by atoms with E-state index in [9.17, 15) is 5.11 Å². The van der Waals surface area contributed by atoms with Crippen molar-refractivity contribution >= 4 is 23.6 Å². The van der Waals surface area contributed by atoms with Crippen LogP contribution in [0.25, 0.3) is 11.0 Å². The zero-order chi connectivity index (χ0) is 16.3. The molecule has 1 N–H and O–H groups in total. The van der Waals surface area contributed by atoms with E-state index in [2.05, 4.69) is 25.8 Å². The molecule has 5 nitrogen and oxygen atoms in total. The van der Waals surface area contributed by atoms with Crippen molar-refractivity contribution in [1.82, 2.24) is 9.55 Å². The number of aliphatic hydroxyl groups excluding tert-OH is 1. The van der Waals surface area contributed by atoms with Gasteiger partial charge >= 0.3 is 7.12 Å². The molecule has 0 amide bonds. The summed E-state index contributed by atoms with van der Waals surface area (Å²) >= 11 is 0. The van der Waals surface area contributed by atoms with Gasteiger partial charge in [0, 0.05) is 42.0 Å². The van der Waals surface area contributed by atoms with Crippen LogP contribution in [-0.4, -0.2) is 34.0 Å². The minimum atomic E-state index is -0.436. The van der Waals surface area contributed by atoms with Crippen LogP contribution in [0.4, 0.5) is 0 Å². The lowest BCUT2D eigenvalue weighted by atomic mass is 9.78. The quantitative estimate of drug-likeness (QED) is 0.795. The van der Waals surface area contributed by atoms with Gasteiger partial charge in [-0.15, -0.1) is 0 Å². The van der Waals surface area contributed by atoms with E-state index in [1.165, 1.54) is 0 Å². The van der Waals surface area contributed by atoms with E-state index in [1.807, 2.05) is 30.7 Å². The van der Waals surface area contributed by atoms with Crippen molar-refractivity contribution in [1.29, 1.82) is 0 Å². The van der Waals surface area contributed by atoms with Crippen LogP contribution in [0.5, 0.6) is 0 Å². The Labute approximate surface area is 132 Å². The Balaban J connectivity index is 2.37. The van der Waals surface area contributed by atoms with Gasteiger partial charge in [-0.05, 0) is 39.3 Å². The van der Waals surface area contributed by atoms with E-state index in [1.54, 1.807) is 6.20 Å². The lowest BCUT2D eigenvalue weighted by Gasteiger charge is -2.28. The zero-order valence-corrected chi connectivity index (χ0v) is 14.1. The van der Waals surface area contributed by atoms with E-state index >= 15 is 0 Å². The summed E-state index contributed by atoms with van der Waals surface area (Å²) in [6, 6.07) is 3.97. The van der Waals surface area contributed by atoms with Crippen LogP contribution in [0.3, 0.4) is 0 Å². The Morgan fingerprint density at radius 3 is 2.64 bits per heavy atom. The Bertz CT molecular complexity index is 640. The van der Waals surface area contributed by atoms with Crippen molar-refractivity contribution in [2.24, 2.45) is 7.05 Å². The summed E-state index contributed by atoms with van der Waals surface area (Å²) in [5.41, 5.74) is 2.31. The number of aliphatic hydroxyl groups is 1. The van der Waals surface area contributed by atoms with Gasteiger partial charge in [0.05, 0.1) is 6.61 Å². The minimum Gasteiger partial charge on any atom is -0.408 e. The third kappa shape index (κ3) is 3.51. The second-order valence-corrected chi connectivity index (χ2v) is 6.05. The molecule has 6 heteroatoms. The fourth-order valence-electron chi connectivity index (χ4n) is 2.29. The molecule has 0 saturated carbocycles. The molecule has 0 atom stereocenters. The Kier molecular flexibility index (Phi) is 5.26. The molecule has 2 rings (SSSR count). The zero-order valence-electron chi connectivity index (χ0n) is 14.1. The fraction of sp³-hybridized carbons (Fsp3) is 0.562. The minimum absolute atomic E-state index is 0.00352. The van der Waals surface area contributed by atoms with Gasteiger partial charge in [-0.25, -0.2) is 4.98 Å². The number of hydrogen-bond acceptors (Lipinski definition) is 4. The number of rotatable bonds is 7. The highest BCUT2D eigenvalue weighted by atomic mass is 16.6. The van der Waals surface area contributed by atoms with Gasteiger partial charge in [0.15, 0.2) is 0 Å². The molecule has 0 aliphatic heterocycles. The largest absolute Gasteiger partial charge is 0.495 e. The second-order valence-electron chi connectivity index (χ2n) is 6.05. The van der Waals surface area contributed by atoms with E-state index in [0.29, 0.717) is 6.61 Å². The number of hydrogen-bond donors (Lipinski definition) is 1. The average Bonchev–Trinajstić information content (AvgIpc) is 2.82. The molecule has 0 aliphatic carbocycles. The third-order valence-electron chi connectivity index (χ3n) is 4.02. The van der Waals surface area contributed by atoms with Crippen molar-refractivity contribution < 1.29 is 14.4 Å². The summed E-state index contributed by atoms with van der Waals surface area (Å²) in [7, 11) is 1.46. The molecule has 120 valence electrons. The topological polar surface area (TPSA) is 56.5 Å². The number of fused-ring (bicyclic) bond motifs is 1. The first-order chi connectivity index (χ1) is 10.4. The molecule has 0 saturated heterocycles. The molecule has 0 fully saturated rings. The van der Waals surface area contributed by atoms with Crippen molar-refractivity contribution in [3.63, 3.8) is 0 Å². The first-order valence-electron chi connectivity index (χ1n) is 7.76. The monoisotopic (exact) mass is 304 g/mol. The maximum atomic E-state index is 9.37. The van der Waals surface area contributed by atoms with Crippen molar-refractivity contribution in [3.05, 3.63) is 24.0 Å². The van der Waals surface area contributed by atoms with Crippen molar-refractivity contribution in [2.75, 3.05) is 6.61 Å². The molecular weight excluding hydrogens is 279 g/mol. The number of pyridine rings is 1. The molecule has 0 unspecified atom stereocenters. The van der Waals surface area contributed by atoms with E-state index in [0.717, 1.165) is 28.6 Å². The molecule has 2 aromatic rings. The van der Waals surface area contributed by atoms with Gasteiger partial charge in [0.25, 0.3) is 0 Å². The summed E-state index contributed by atoms with van der Waals surface area (Å²) in [5, 5.41) is 10.3. The lowest BCUT2D eigenvalue weighted by molar-refractivity contribution is 0.0706. The lowest BCUT2D eigenvalue weighted by Crippen LogP contribution is -2.44. The van der Waals surface area contributed by atoms with Crippen LogP contribution in [0, 0.1) is 0 Å². The van der Waals surface area contributed by atoms with E-state index in [4.69, 9.17) is 9.31 Å². The second kappa shape index (κ2) is 6.81. The normalized spacial score (nSPS) is 12.1. The first-order valence-corrected chi connectivity index (χ1v) is 7.76. The highest BCUT2D eigenvalue weighted by molar-refractivity contribution is 6.61. The Morgan fingerprint density at radius 2 is 2.05 bits per heavy atom. The van der Waals surface area contributed by atoms with Gasteiger partial charge in [-0.2, -0.15) is 0 Å². The molecule has 0 spiro atoms. The van der Waals surface area contributed by atoms with Gasteiger partial charge in [0.1, 0.15) is 5.65 Å². The Morgan fingerprint density at radius 1 is 1.32 bits per heavy atom.